The number of urea groups is 1. The zero-order valence-electron chi connectivity index (χ0n) is 17.7. The van der Waals surface area contributed by atoms with Crippen molar-refractivity contribution in [1.29, 1.82) is 0 Å². The molecular weight excluding hydrogens is 486 g/mol. The van der Waals surface area contributed by atoms with Crippen molar-refractivity contribution in [2.24, 2.45) is 5.92 Å². The molecule has 0 spiro atoms. The van der Waals surface area contributed by atoms with Crippen molar-refractivity contribution in [2.75, 3.05) is 30.3 Å². The van der Waals surface area contributed by atoms with Crippen LogP contribution in [0.3, 0.4) is 0 Å². The van der Waals surface area contributed by atoms with Gasteiger partial charge in [-0.15, -0.1) is 11.3 Å². The number of nitrogens with zero attached hydrogens (tertiary/aromatic N) is 3. The van der Waals surface area contributed by atoms with Gasteiger partial charge in [-0.25, -0.2) is 14.6 Å². The summed E-state index contributed by atoms with van der Waals surface area (Å²) in [6.45, 7) is 7.38. The van der Waals surface area contributed by atoms with Gasteiger partial charge in [0.15, 0.2) is 3.92 Å². The zero-order valence-corrected chi connectivity index (χ0v) is 20.1. The van der Waals surface area contributed by atoms with Gasteiger partial charge in [0.2, 0.25) is 5.88 Å². The highest BCUT2D eigenvalue weighted by molar-refractivity contribution is 9.11. The number of carbonyl (C=O) groups is 2. The molecule has 9 nitrogen and oxygen atoms in total. The maximum atomic E-state index is 12.2. The number of amides is 3. The molecule has 0 atom stereocenters. The second-order valence-electron chi connectivity index (χ2n) is 8.15. The van der Waals surface area contributed by atoms with E-state index in [9.17, 15) is 9.59 Å². The number of thiazole rings is 1. The zero-order chi connectivity index (χ0) is 22.4. The molecule has 168 valence electrons. The molecule has 3 rings (SSSR count). The Hall–Kier alpha value is -2.40. The summed E-state index contributed by atoms with van der Waals surface area (Å²) >= 11 is 4.63. The first-order chi connectivity index (χ1) is 14.7. The highest BCUT2D eigenvalue weighted by atomic mass is 79.9. The normalized spacial score (nSPS) is 14.8. The summed E-state index contributed by atoms with van der Waals surface area (Å²) in [6, 6.07) is 4.76. The average molecular weight is 512 g/mol. The predicted octanol–water partition coefficient (Wildman–Crippen LogP) is 4.97. The molecule has 3 amide bonds. The number of carbonyl (C=O) groups excluding carboxylic acids is 2. The van der Waals surface area contributed by atoms with Crippen LogP contribution >= 0.6 is 27.3 Å². The van der Waals surface area contributed by atoms with Gasteiger partial charge in [-0.2, -0.15) is 4.98 Å². The molecule has 1 aliphatic rings. The summed E-state index contributed by atoms with van der Waals surface area (Å²) in [5, 5.41) is 7.03. The number of hydrogen-bond acceptors (Lipinski definition) is 7. The SMILES string of the molecule is CC(C)(C)OC(=O)N1CCC(COc2cccc(NC(=O)Nc3csc(Br)n3)n2)CC1. The van der Waals surface area contributed by atoms with Gasteiger partial charge in [0.25, 0.3) is 0 Å². The van der Waals surface area contributed by atoms with Gasteiger partial charge in [0, 0.05) is 24.5 Å². The van der Waals surface area contributed by atoms with Crippen LogP contribution in [0.2, 0.25) is 0 Å². The van der Waals surface area contributed by atoms with E-state index in [1.807, 2.05) is 20.8 Å². The Morgan fingerprint density at radius 2 is 1.90 bits per heavy atom. The maximum Gasteiger partial charge on any atom is 0.410 e. The highest BCUT2D eigenvalue weighted by Gasteiger charge is 2.27. The summed E-state index contributed by atoms with van der Waals surface area (Å²) in [7, 11) is 0. The average Bonchev–Trinajstić information content (AvgIpc) is 3.10. The van der Waals surface area contributed by atoms with E-state index in [0.29, 0.717) is 47.0 Å². The summed E-state index contributed by atoms with van der Waals surface area (Å²) in [5.41, 5.74) is -0.490. The van der Waals surface area contributed by atoms with Crippen molar-refractivity contribution < 1.29 is 19.1 Å². The number of piperidine rings is 1. The van der Waals surface area contributed by atoms with Crippen LogP contribution < -0.4 is 15.4 Å². The molecule has 2 aromatic heterocycles. The summed E-state index contributed by atoms with van der Waals surface area (Å²) in [6.07, 6.45) is 1.40. The molecule has 11 heteroatoms. The van der Waals surface area contributed by atoms with Crippen molar-refractivity contribution in [3.05, 3.63) is 27.5 Å². The molecule has 0 aliphatic carbocycles. The molecule has 0 bridgehead atoms. The number of ether oxygens (including phenoxy) is 2. The van der Waals surface area contributed by atoms with E-state index in [-0.39, 0.29) is 6.09 Å². The standard InChI is InChI=1S/C20H26BrN5O4S/c1-20(2,3)30-19(28)26-9-7-13(8-10-26)11-29-16-6-4-5-14(22-16)24-18(27)25-15-12-31-17(21)23-15/h4-6,12-13H,7-11H2,1-3H3,(H2,22,24,25,27). The molecule has 0 unspecified atom stereocenters. The molecule has 1 fully saturated rings. The summed E-state index contributed by atoms with van der Waals surface area (Å²) < 4.78 is 11.9. The molecular formula is C20H26BrN5O4S. The molecule has 2 N–H and O–H groups in total. The molecule has 0 saturated carbocycles. The van der Waals surface area contributed by atoms with Crippen LogP contribution in [0.5, 0.6) is 5.88 Å². The minimum absolute atomic E-state index is 0.268. The van der Waals surface area contributed by atoms with Crippen molar-refractivity contribution in [3.8, 4) is 5.88 Å². The molecule has 0 aromatic carbocycles. The number of nitrogens with one attached hydrogen (secondary N) is 2. The Labute approximate surface area is 193 Å². The third-order valence-electron chi connectivity index (χ3n) is 4.42. The number of pyridine rings is 1. The van der Waals surface area contributed by atoms with Gasteiger partial charge in [-0.1, -0.05) is 6.07 Å². The van der Waals surface area contributed by atoms with Crippen LogP contribution in [0.1, 0.15) is 33.6 Å². The highest BCUT2D eigenvalue weighted by Crippen LogP contribution is 2.22. The second kappa shape index (κ2) is 10.3. The third kappa shape index (κ3) is 7.66. The van der Waals surface area contributed by atoms with E-state index in [0.717, 1.165) is 12.8 Å². The minimum Gasteiger partial charge on any atom is -0.477 e. The van der Waals surface area contributed by atoms with E-state index >= 15 is 0 Å². The van der Waals surface area contributed by atoms with Crippen molar-refractivity contribution in [2.45, 2.75) is 39.2 Å². The molecule has 1 saturated heterocycles. The van der Waals surface area contributed by atoms with E-state index in [4.69, 9.17) is 9.47 Å². The Kier molecular flexibility index (Phi) is 7.71. The van der Waals surface area contributed by atoms with Gasteiger partial charge < -0.3 is 14.4 Å². The lowest BCUT2D eigenvalue weighted by Crippen LogP contribution is -2.42. The molecule has 2 aromatic rings. The molecule has 0 radical (unpaired) electrons. The van der Waals surface area contributed by atoms with E-state index in [1.165, 1.54) is 11.3 Å². The van der Waals surface area contributed by atoms with Crippen LogP contribution in [0.15, 0.2) is 27.5 Å². The van der Waals surface area contributed by atoms with Crippen molar-refractivity contribution in [1.82, 2.24) is 14.9 Å². The van der Waals surface area contributed by atoms with Crippen molar-refractivity contribution in [3.63, 3.8) is 0 Å². The largest absolute Gasteiger partial charge is 0.477 e. The maximum absolute atomic E-state index is 12.2. The van der Waals surface area contributed by atoms with Crippen LogP contribution in [0.4, 0.5) is 21.2 Å². The first kappa shape index (κ1) is 23.3. The molecule has 31 heavy (non-hydrogen) atoms. The summed E-state index contributed by atoms with van der Waals surface area (Å²) in [5.74, 6) is 1.59. The Bertz CT molecular complexity index is 909. The number of halogens is 1. The summed E-state index contributed by atoms with van der Waals surface area (Å²) in [4.78, 5) is 34.4. The number of aromatic nitrogens is 2. The Morgan fingerprint density at radius 1 is 1.19 bits per heavy atom. The first-order valence-corrected chi connectivity index (χ1v) is 11.6. The fourth-order valence-electron chi connectivity index (χ4n) is 2.95. The van der Waals surface area contributed by atoms with Gasteiger partial charge >= 0.3 is 12.1 Å². The van der Waals surface area contributed by atoms with Crippen LogP contribution in [-0.2, 0) is 4.74 Å². The number of anilines is 2. The van der Waals surface area contributed by atoms with E-state index in [2.05, 4.69) is 36.5 Å². The van der Waals surface area contributed by atoms with E-state index in [1.54, 1.807) is 28.5 Å². The number of rotatable bonds is 5. The monoisotopic (exact) mass is 511 g/mol. The van der Waals surface area contributed by atoms with Crippen LogP contribution in [-0.4, -0.2) is 52.3 Å². The fourth-order valence-corrected chi connectivity index (χ4v) is 3.89. The lowest BCUT2D eigenvalue weighted by atomic mass is 9.98. The van der Waals surface area contributed by atoms with Crippen LogP contribution in [0, 0.1) is 5.92 Å². The van der Waals surface area contributed by atoms with Gasteiger partial charge in [-0.05, 0) is 61.5 Å². The molecule has 3 heterocycles. The third-order valence-corrected chi connectivity index (χ3v) is 5.78. The molecule has 1 aliphatic heterocycles. The minimum atomic E-state index is -0.490. The van der Waals surface area contributed by atoms with Crippen LogP contribution in [0.25, 0.3) is 0 Å². The lowest BCUT2D eigenvalue weighted by molar-refractivity contribution is 0.0164. The smallest absolute Gasteiger partial charge is 0.410 e. The topological polar surface area (TPSA) is 106 Å². The van der Waals surface area contributed by atoms with Gasteiger partial charge in [0.1, 0.15) is 17.2 Å². The number of likely N-dealkylation sites (tertiary alicyclic amines) is 1. The number of hydrogen-bond donors (Lipinski definition) is 2. The lowest BCUT2D eigenvalue weighted by Gasteiger charge is -2.33. The quantitative estimate of drug-likeness (QED) is 0.586. The first-order valence-electron chi connectivity index (χ1n) is 9.95. The predicted molar refractivity (Wildman–Crippen MR) is 123 cm³/mol. The second-order valence-corrected chi connectivity index (χ2v) is 10.3. The Morgan fingerprint density at radius 3 is 2.55 bits per heavy atom. The van der Waals surface area contributed by atoms with Gasteiger partial charge in [-0.3, -0.25) is 10.6 Å². The fraction of sp³-hybridized carbons (Fsp3) is 0.500. The van der Waals surface area contributed by atoms with Gasteiger partial charge in [0.05, 0.1) is 6.61 Å². The van der Waals surface area contributed by atoms with Crippen molar-refractivity contribution >= 4 is 51.0 Å². The Balaban J connectivity index is 1.43. The van der Waals surface area contributed by atoms with E-state index < -0.39 is 11.6 Å².